The second-order valence-electron chi connectivity index (χ2n) is 3.17. The molecule has 0 aliphatic carbocycles. The van der Waals surface area contributed by atoms with E-state index in [1.807, 2.05) is 0 Å². The summed E-state index contributed by atoms with van der Waals surface area (Å²) in [6.45, 7) is 0. The Balaban J connectivity index is 3.17. The molecule has 16 heavy (non-hydrogen) atoms. The molecule has 1 aromatic carbocycles. The lowest BCUT2D eigenvalue weighted by molar-refractivity contribution is -0.146. The number of Topliss-reactive ketones (excluding diaryl/α,β-unsaturated/α-hetero) is 1. The van der Waals surface area contributed by atoms with Crippen LogP contribution in [0.15, 0.2) is 30.3 Å². The van der Waals surface area contributed by atoms with Crippen molar-refractivity contribution in [1.29, 1.82) is 0 Å². The molecule has 6 heteroatoms. The third kappa shape index (κ3) is 1.92. The highest BCUT2D eigenvalue weighted by Gasteiger charge is 2.51. The Hall–Kier alpha value is -1.82. The number of benzene rings is 1. The van der Waals surface area contributed by atoms with Crippen molar-refractivity contribution in [2.24, 2.45) is 5.73 Å². The summed E-state index contributed by atoms with van der Waals surface area (Å²) in [4.78, 5) is 22.2. The van der Waals surface area contributed by atoms with Gasteiger partial charge in [-0.15, -0.1) is 0 Å². The Bertz CT molecular complexity index is 408. The van der Waals surface area contributed by atoms with Gasteiger partial charge < -0.3 is 10.8 Å². The van der Waals surface area contributed by atoms with Gasteiger partial charge in [-0.3, -0.25) is 4.79 Å². The molecule has 1 rings (SSSR count). The van der Waals surface area contributed by atoms with Crippen molar-refractivity contribution in [2.45, 2.75) is 12.0 Å². The van der Waals surface area contributed by atoms with Crippen LogP contribution in [0.5, 0.6) is 0 Å². The van der Waals surface area contributed by atoms with Crippen LogP contribution in [-0.4, -0.2) is 28.8 Å². The number of rotatable bonds is 4. The summed E-state index contributed by atoms with van der Waals surface area (Å²) in [5.74, 6) is -3.35. The van der Waals surface area contributed by atoms with Crippen LogP contribution in [-0.2, 0) is 4.79 Å². The van der Waals surface area contributed by atoms with E-state index in [0.29, 0.717) is 0 Å². The van der Waals surface area contributed by atoms with E-state index in [1.54, 1.807) is 6.07 Å². The Morgan fingerprint density at radius 3 is 2.12 bits per heavy atom. The van der Waals surface area contributed by atoms with Crippen LogP contribution in [0.1, 0.15) is 10.4 Å². The molecule has 4 nitrogen and oxygen atoms in total. The molecule has 0 radical (unpaired) electrons. The van der Waals surface area contributed by atoms with Crippen molar-refractivity contribution in [2.75, 3.05) is 0 Å². The van der Waals surface area contributed by atoms with Crippen LogP contribution < -0.4 is 5.73 Å². The third-order valence-electron chi connectivity index (χ3n) is 2.11. The molecule has 3 N–H and O–H groups in total. The minimum Gasteiger partial charge on any atom is -0.479 e. The van der Waals surface area contributed by atoms with Crippen LogP contribution >= 0.6 is 0 Å². The van der Waals surface area contributed by atoms with Gasteiger partial charge in [0.2, 0.25) is 5.54 Å². The Labute approximate surface area is 89.7 Å². The van der Waals surface area contributed by atoms with Crippen LogP contribution in [0.4, 0.5) is 8.78 Å². The largest absolute Gasteiger partial charge is 0.479 e. The number of carbonyl (C=O) groups is 2. The first-order chi connectivity index (χ1) is 7.40. The number of hydrogen-bond acceptors (Lipinski definition) is 3. The topological polar surface area (TPSA) is 80.4 Å². The summed E-state index contributed by atoms with van der Waals surface area (Å²) in [6, 6.07) is 6.89. The van der Waals surface area contributed by atoms with Crippen LogP contribution in [0.3, 0.4) is 0 Å². The van der Waals surface area contributed by atoms with Crippen molar-refractivity contribution in [3.63, 3.8) is 0 Å². The lowest BCUT2D eigenvalue weighted by Gasteiger charge is -2.21. The molecule has 0 fully saturated rings. The highest BCUT2D eigenvalue weighted by molar-refractivity contribution is 6.16. The number of ketones is 1. The molecular weight excluding hydrogens is 220 g/mol. The van der Waals surface area contributed by atoms with Gasteiger partial charge in [0.15, 0.2) is 5.78 Å². The number of carboxylic acid groups (broad SMARTS) is 1. The van der Waals surface area contributed by atoms with Crippen molar-refractivity contribution in [3.8, 4) is 0 Å². The molecule has 0 saturated carbocycles. The third-order valence-corrected chi connectivity index (χ3v) is 2.11. The van der Waals surface area contributed by atoms with Gasteiger partial charge in [0.1, 0.15) is 0 Å². The van der Waals surface area contributed by atoms with E-state index in [4.69, 9.17) is 10.8 Å². The fraction of sp³-hybridized carbons (Fsp3) is 0.200. The maximum absolute atomic E-state index is 12.5. The summed E-state index contributed by atoms with van der Waals surface area (Å²) in [5.41, 5.74) is 1.61. The number of alkyl halides is 2. The summed E-state index contributed by atoms with van der Waals surface area (Å²) in [6.07, 6.45) is -3.47. The predicted molar refractivity (Wildman–Crippen MR) is 51.3 cm³/mol. The number of carbonyl (C=O) groups excluding carboxylic acids is 1. The predicted octanol–water partition coefficient (Wildman–Crippen LogP) is 0.916. The van der Waals surface area contributed by atoms with E-state index in [9.17, 15) is 18.4 Å². The van der Waals surface area contributed by atoms with Crippen LogP contribution in [0, 0.1) is 0 Å². The van der Waals surface area contributed by atoms with Gasteiger partial charge in [0.25, 0.3) is 6.43 Å². The highest BCUT2D eigenvalue weighted by atomic mass is 19.3. The smallest absolute Gasteiger partial charge is 0.337 e. The standard InChI is InChI=1S/C10H9F2NO3/c11-8(12)10(13,9(15)16)7(14)6-4-2-1-3-5-6/h1-5,8H,13H2,(H,15,16). The molecule has 0 aliphatic rings. The lowest BCUT2D eigenvalue weighted by atomic mass is 9.91. The minimum absolute atomic E-state index is 0.160. The first kappa shape index (κ1) is 12.3. The van der Waals surface area contributed by atoms with Crippen molar-refractivity contribution in [1.82, 2.24) is 0 Å². The molecule has 0 aliphatic heterocycles. The first-order valence-electron chi connectivity index (χ1n) is 4.31. The molecule has 0 heterocycles. The van der Waals surface area contributed by atoms with Gasteiger partial charge in [-0.05, 0) is 0 Å². The zero-order valence-electron chi connectivity index (χ0n) is 8.06. The molecule has 86 valence electrons. The Morgan fingerprint density at radius 2 is 1.75 bits per heavy atom. The van der Waals surface area contributed by atoms with E-state index in [0.717, 1.165) is 0 Å². The fourth-order valence-electron chi connectivity index (χ4n) is 1.12. The zero-order valence-corrected chi connectivity index (χ0v) is 8.06. The number of halogens is 2. The van der Waals surface area contributed by atoms with E-state index >= 15 is 0 Å². The maximum Gasteiger partial charge on any atom is 0.337 e. The molecule has 1 aromatic rings. The first-order valence-corrected chi connectivity index (χ1v) is 4.31. The molecular formula is C10H9F2NO3. The number of nitrogens with two attached hydrogens (primary N) is 1. The van der Waals surface area contributed by atoms with E-state index < -0.39 is 23.7 Å². The van der Waals surface area contributed by atoms with Crippen molar-refractivity contribution < 1.29 is 23.5 Å². The van der Waals surface area contributed by atoms with Crippen LogP contribution in [0.2, 0.25) is 0 Å². The van der Waals surface area contributed by atoms with Gasteiger partial charge >= 0.3 is 5.97 Å². The average Bonchev–Trinajstić information content (AvgIpc) is 2.27. The second kappa shape index (κ2) is 4.36. The molecule has 0 aromatic heterocycles. The fourth-order valence-corrected chi connectivity index (χ4v) is 1.12. The number of carboxylic acids is 1. The van der Waals surface area contributed by atoms with Crippen molar-refractivity contribution in [3.05, 3.63) is 35.9 Å². The molecule has 0 saturated heterocycles. The summed E-state index contributed by atoms with van der Waals surface area (Å²) in [5, 5.41) is 8.61. The van der Waals surface area contributed by atoms with Gasteiger partial charge in [-0.1, -0.05) is 30.3 Å². The Morgan fingerprint density at radius 1 is 1.25 bits per heavy atom. The summed E-state index contributed by atoms with van der Waals surface area (Å²) in [7, 11) is 0. The van der Waals surface area contributed by atoms with Crippen LogP contribution in [0.25, 0.3) is 0 Å². The van der Waals surface area contributed by atoms with Gasteiger partial charge in [0, 0.05) is 5.56 Å². The quantitative estimate of drug-likeness (QED) is 0.594. The number of aliphatic carboxylic acids is 1. The molecule has 0 spiro atoms. The van der Waals surface area contributed by atoms with Crippen molar-refractivity contribution >= 4 is 11.8 Å². The minimum atomic E-state index is -3.47. The normalized spacial score (nSPS) is 14.5. The zero-order chi connectivity index (χ0) is 12.3. The second-order valence-corrected chi connectivity index (χ2v) is 3.17. The molecule has 1 unspecified atom stereocenters. The molecule has 1 atom stereocenters. The highest BCUT2D eigenvalue weighted by Crippen LogP contribution is 2.19. The van der Waals surface area contributed by atoms with Gasteiger partial charge in [0.05, 0.1) is 0 Å². The number of hydrogen-bond donors (Lipinski definition) is 2. The monoisotopic (exact) mass is 229 g/mol. The average molecular weight is 229 g/mol. The molecule has 0 bridgehead atoms. The summed E-state index contributed by atoms with van der Waals surface area (Å²) < 4.78 is 25.1. The van der Waals surface area contributed by atoms with Gasteiger partial charge in [-0.2, -0.15) is 0 Å². The van der Waals surface area contributed by atoms with Gasteiger partial charge in [-0.25, -0.2) is 13.6 Å². The lowest BCUT2D eigenvalue weighted by Crippen LogP contribution is -2.60. The van der Waals surface area contributed by atoms with E-state index in [-0.39, 0.29) is 5.56 Å². The van der Waals surface area contributed by atoms with E-state index in [1.165, 1.54) is 24.3 Å². The van der Waals surface area contributed by atoms with E-state index in [2.05, 4.69) is 0 Å². The Kier molecular flexibility index (Phi) is 3.34. The maximum atomic E-state index is 12.5. The SMILES string of the molecule is NC(C(=O)O)(C(=O)c1ccccc1)C(F)F. The molecule has 0 amide bonds. The summed E-state index contributed by atoms with van der Waals surface area (Å²) >= 11 is 0.